The molecule has 0 bridgehead atoms. The monoisotopic (exact) mass is 198 g/mol. The smallest absolute Gasteiger partial charge is 0.212 e. The Morgan fingerprint density at radius 1 is 1.27 bits per heavy atom. The molecule has 0 saturated carbocycles. The van der Waals surface area contributed by atoms with Gasteiger partial charge in [-0.2, -0.15) is 0 Å². The molecule has 2 aromatic rings. The Labute approximate surface area is 87.8 Å². The van der Waals surface area contributed by atoms with Crippen molar-refractivity contribution >= 4 is 5.78 Å². The lowest BCUT2D eigenvalue weighted by Crippen LogP contribution is -2.04. The van der Waals surface area contributed by atoms with E-state index in [0.717, 1.165) is 5.56 Å². The number of aromatic nitrogens is 2. The minimum atomic E-state index is -0.0909. The zero-order chi connectivity index (χ0) is 10.7. The molecule has 0 unspecified atom stereocenters. The summed E-state index contributed by atoms with van der Waals surface area (Å²) >= 11 is 0. The predicted molar refractivity (Wildman–Crippen MR) is 56.6 cm³/mol. The lowest BCUT2D eigenvalue weighted by Gasteiger charge is -2.00. The molecule has 0 N–H and O–H groups in total. The van der Waals surface area contributed by atoms with Crippen molar-refractivity contribution in [3.63, 3.8) is 0 Å². The number of carbonyl (C=O) groups excluding carboxylic acids is 1. The fourth-order valence-electron chi connectivity index (χ4n) is 1.35. The Balaban J connectivity index is 2.37. The van der Waals surface area contributed by atoms with Crippen LogP contribution >= 0.6 is 0 Å². The third kappa shape index (κ3) is 2.07. The highest BCUT2D eigenvalue weighted by molar-refractivity contribution is 6.07. The molecular weight excluding hydrogens is 188 g/mol. The van der Waals surface area contributed by atoms with E-state index in [4.69, 9.17) is 0 Å². The van der Waals surface area contributed by atoms with Crippen LogP contribution < -0.4 is 0 Å². The van der Waals surface area contributed by atoms with Gasteiger partial charge in [0.15, 0.2) is 0 Å². The number of hydrogen-bond acceptors (Lipinski definition) is 3. The summed E-state index contributed by atoms with van der Waals surface area (Å²) in [6, 6.07) is 7.44. The van der Waals surface area contributed by atoms with Crippen LogP contribution in [0, 0.1) is 6.92 Å². The fraction of sp³-hybridized carbons (Fsp3) is 0.0833. The average Bonchev–Trinajstić information content (AvgIpc) is 2.29. The second-order valence-corrected chi connectivity index (χ2v) is 3.29. The van der Waals surface area contributed by atoms with E-state index < -0.39 is 0 Å². The van der Waals surface area contributed by atoms with Gasteiger partial charge in [-0.1, -0.05) is 23.8 Å². The van der Waals surface area contributed by atoms with Crippen LogP contribution in [0.1, 0.15) is 21.6 Å². The first-order valence-corrected chi connectivity index (χ1v) is 4.65. The van der Waals surface area contributed by atoms with Crippen molar-refractivity contribution in [3.8, 4) is 0 Å². The van der Waals surface area contributed by atoms with Gasteiger partial charge < -0.3 is 0 Å². The Morgan fingerprint density at radius 2 is 2.13 bits per heavy atom. The van der Waals surface area contributed by atoms with Crippen molar-refractivity contribution in [3.05, 3.63) is 59.7 Å². The molecule has 1 aromatic carbocycles. The standard InChI is InChI=1S/C12H10N2O/c1-9-3-2-4-10(7-9)12(15)11-8-13-5-6-14-11/h2-8H,1H3. The SMILES string of the molecule is Cc1cccc(C(=O)c2cnccn2)c1. The van der Waals surface area contributed by atoms with Gasteiger partial charge in [0.1, 0.15) is 5.69 Å². The summed E-state index contributed by atoms with van der Waals surface area (Å²) in [6.07, 6.45) is 4.54. The largest absolute Gasteiger partial charge is 0.287 e. The number of aryl methyl sites for hydroxylation is 1. The highest BCUT2D eigenvalue weighted by atomic mass is 16.1. The molecule has 1 aromatic heterocycles. The minimum Gasteiger partial charge on any atom is -0.287 e. The number of rotatable bonds is 2. The lowest BCUT2D eigenvalue weighted by molar-refractivity contribution is 0.103. The molecule has 0 fully saturated rings. The van der Waals surface area contributed by atoms with Gasteiger partial charge in [0.25, 0.3) is 0 Å². The first-order chi connectivity index (χ1) is 7.27. The highest BCUT2D eigenvalue weighted by Gasteiger charge is 2.09. The molecule has 74 valence electrons. The van der Waals surface area contributed by atoms with Gasteiger partial charge in [-0.3, -0.25) is 9.78 Å². The van der Waals surface area contributed by atoms with E-state index >= 15 is 0 Å². The van der Waals surface area contributed by atoms with Gasteiger partial charge in [0, 0.05) is 18.0 Å². The first kappa shape index (κ1) is 9.52. The van der Waals surface area contributed by atoms with Gasteiger partial charge in [0.2, 0.25) is 5.78 Å². The second kappa shape index (κ2) is 4.00. The van der Waals surface area contributed by atoms with Crippen LogP contribution in [0.2, 0.25) is 0 Å². The van der Waals surface area contributed by atoms with Gasteiger partial charge in [-0.25, -0.2) is 4.98 Å². The Hall–Kier alpha value is -2.03. The van der Waals surface area contributed by atoms with Gasteiger partial charge in [-0.05, 0) is 13.0 Å². The molecule has 0 aliphatic heterocycles. The summed E-state index contributed by atoms with van der Waals surface area (Å²) in [6.45, 7) is 1.95. The zero-order valence-corrected chi connectivity index (χ0v) is 8.34. The number of benzene rings is 1. The van der Waals surface area contributed by atoms with Gasteiger partial charge >= 0.3 is 0 Å². The van der Waals surface area contributed by atoms with Crippen molar-refractivity contribution < 1.29 is 4.79 Å². The third-order valence-electron chi connectivity index (χ3n) is 2.08. The average molecular weight is 198 g/mol. The van der Waals surface area contributed by atoms with Crippen LogP contribution in [0.3, 0.4) is 0 Å². The molecule has 0 spiro atoms. The lowest BCUT2D eigenvalue weighted by atomic mass is 10.1. The van der Waals surface area contributed by atoms with Crippen LogP contribution in [0.25, 0.3) is 0 Å². The van der Waals surface area contributed by atoms with Crippen molar-refractivity contribution in [2.45, 2.75) is 6.92 Å². The van der Waals surface area contributed by atoms with E-state index in [-0.39, 0.29) is 5.78 Å². The van der Waals surface area contributed by atoms with Crippen molar-refractivity contribution in [2.75, 3.05) is 0 Å². The van der Waals surface area contributed by atoms with Crippen LogP contribution in [0.5, 0.6) is 0 Å². The Kier molecular flexibility index (Phi) is 2.54. The van der Waals surface area contributed by atoms with Gasteiger partial charge in [-0.15, -0.1) is 0 Å². The summed E-state index contributed by atoms with van der Waals surface area (Å²) in [7, 11) is 0. The van der Waals surface area contributed by atoms with E-state index in [1.54, 1.807) is 12.3 Å². The van der Waals surface area contributed by atoms with E-state index in [1.807, 2.05) is 25.1 Å². The topological polar surface area (TPSA) is 42.9 Å². The van der Waals surface area contributed by atoms with E-state index in [2.05, 4.69) is 9.97 Å². The third-order valence-corrected chi connectivity index (χ3v) is 2.08. The molecule has 0 saturated heterocycles. The number of nitrogens with zero attached hydrogens (tertiary/aromatic N) is 2. The maximum atomic E-state index is 11.9. The highest BCUT2D eigenvalue weighted by Crippen LogP contribution is 2.08. The Morgan fingerprint density at radius 3 is 2.80 bits per heavy atom. The summed E-state index contributed by atoms with van der Waals surface area (Å²) in [5, 5.41) is 0. The number of carbonyl (C=O) groups is 1. The molecule has 3 heteroatoms. The van der Waals surface area contributed by atoms with Crippen LogP contribution in [-0.4, -0.2) is 15.8 Å². The second-order valence-electron chi connectivity index (χ2n) is 3.29. The number of ketones is 1. The normalized spacial score (nSPS) is 9.93. The molecule has 0 amide bonds. The quantitative estimate of drug-likeness (QED) is 0.693. The summed E-state index contributed by atoms with van der Waals surface area (Å²) < 4.78 is 0. The molecule has 3 nitrogen and oxygen atoms in total. The summed E-state index contributed by atoms with van der Waals surface area (Å²) in [4.78, 5) is 19.7. The Bertz CT molecular complexity index is 480. The molecular formula is C12H10N2O. The summed E-state index contributed by atoms with van der Waals surface area (Å²) in [5.41, 5.74) is 2.09. The fourth-order valence-corrected chi connectivity index (χ4v) is 1.35. The van der Waals surface area contributed by atoms with E-state index in [1.165, 1.54) is 12.4 Å². The maximum Gasteiger partial charge on any atom is 0.212 e. The van der Waals surface area contributed by atoms with Crippen LogP contribution in [0.4, 0.5) is 0 Å². The molecule has 0 radical (unpaired) electrons. The molecule has 0 aliphatic carbocycles. The first-order valence-electron chi connectivity index (χ1n) is 4.65. The van der Waals surface area contributed by atoms with E-state index in [9.17, 15) is 4.79 Å². The predicted octanol–water partition coefficient (Wildman–Crippen LogP) is 2.02. The van der Waals surface area contributed by atoms with Crippen molar-refractivity contribution in [2.24, 2.45) is 0 Å². The van der Waals surface area contributed by atoms with E-state index in [0.29, 0.717) is 11.3 Å². The van der Waals surface area contributed by atoms with Crippen LogP contribution in [-0.2, 0) is 0 Å². The number of hydrogen-bond donors (Lipinski definition) is 0. The zero-order valence-electron chi connectivity index (χ0n) is 8.34. The maximum absolute atomic E-state index is 11.9. The van der Waals surface area contributed by atoms with Gasteiger partial charge in [0.05, 0.1) is 6.20 Å². The van der Waals surface area contributed by atoms with Crippen molar-refractivity contribution in [1.82, 2.24) is 9.97 Å². The summed E-state index contributed by atoms with van der Waals surface area (Å²) in [5.74, 6) is -0.0909. The minimum absolute atomic E-state index is 0.0909. The molecule has 15 heavy (non-hydrogen) atoms. The molecule has 2 rings (SSSR count). The van der Waals surface area contributed by atoms with Crippen molar-refractivity contribution in [1.29, 1.82) is 0 Å². The molecule has 0 aliphatic rings. The molecule has 0 atom stereocenters. The van der Waals surface area contributed by atoms with Crippen LogP contribution in [0.15, 0.2) is 42.9 Å². The molecule has 1 heterocycles.